The van der Waals surface area contributed by atoms with E-state index in [0.717, 1.165) is 19.3 Å². The third kappa shape index (κ3) is 7.33. The lowest BCUT2D eigenvalue weighted by Crippen LogP contribution is -2.12. The van der Waals surface area contributed by atoms with Crippen molar-refractivity contribution in [2.75, 3.05) is 0 Å². The van der Waals surface area contributed by atoms with Gasteiger partial charge in [-0.2, -0.15) is 5.11 Å². The van der Waals surface area contributed by atoms with Crippen LogP contribution in [0, 0.1) is 0 Å². The highest BCUT2D eigenvalue weighted by molar-refractivity contribution is 5.69. The Morgan fingerprint density at radius 1 is 1.45 bits per heavy atom. The van der Waals surface area contributed by atoms with Crippen LogP contribution in [0.15, 0.2) is 0 Å². The van der Waals surface area contributed by atoms with Crippen LogP contribution in [0.4, 0.5) is 0 Å². The molecule has 0 aliphatic heterocycles. The number of carbonyl (C=O) groups excluding carboxylic acids is 1. The maximum Gasteiger partial charge on any atom is 0.308 e. The molecule has 65 valence electrons. The topological polar surface area (TPSA) is 46.2 Å². The molecule has 0 saturated heterocycles. The standard InChI is InChI=1S/C8H15O3/c1-3-4-5-6-8(10)11-7(2)9/h7H,3-6H2,1-2H3. The average molecular weight is 159 g/mol. The lowest BCUT2D eigenvalue weighted by atomic mass is 10.2. The Hall–Kier alpha value is -0.570. The Morgan fingerprint density at radius 2 is 2.09 bits per heavy atom. The summed E-state index contributed by atoms with van der Waals surface area (Å²) >= 11 is 0. The minimum Gasteiger partial charge on any atom is -0.433 e. The Balaban J connectivity index is 3.23. The van der Waals surface area contributed by atoms with Gasteiger partial charge in [-0.15, -0.1) is 0 Å². The average Bonchev–Trinajstić information content (AvgIpc) is 1.86. The normalized spacial score (nSPS) is 12.6. The van der Waals surface area contributed by atoms with Crippen molar-refractivity contribution >= 4 is 5.97 Å². The predicted molar refractivity (Wildman–Crippen MR) is 40.4 cm³/mol. The van der Waals surface area contributed by atoms with E-state index >= 15 is 0 Å². The monoisotopic (exact) mass is 159 g/mol. The molecule has 3 nitrogen and oxygen atoms in total. The van der Waals surface area contributed by atoms with Gasteiger partial charge in [0.05, 0.1) is 0 Å². The first-order valence-electron chi connectivity index (χ1n) is 4.02. The summed E-state index contributed by atoms with van der Waals surface area (Å²) in [6.07, 6.45) is 2.06. The molecule has 0 heterocycles. The number of hydrogen-bond acceptors (Lipinski definition) is 2. The molecule has 0 bridgehead atoms. The molecule has 0 aliphatic rings. The van der Waals surface area contributed by atoms with E-state index in [1.165, 1.54) is 6.92 Å². The summed E-state index contributed by atoms with van der Waals surface area (Å²) in [5, 5.41) is 10.3. The maximum absolute atomic E-state index is 10.7. The third-order valence-electron chi connectivity index (χ3n) is 1.28. The van der Waals surface area contributed by atoms with Crippen molar-refractivity contribution in [2.45, 2.75) is 45.8 Å². The number of hydrogen-bond donors (Lipinski definition) is 0. The number of unbranched alkanes of at least 4 members (excludes halogenated alkanes) is 2. The highest BCUT2D eigenvalue weighted by Crippen LogP contribution is 2.01. The molecule has 0 N–H and O–H groups in total. The number of carbonyl (C=O) groups is 1. The van der Waals surface area contributed by atoms with E-state index < -0.39 is 6.29 Å². The van der Waals surface area contributed by atoms with E-state index in [4.69, 9.17) is 0 Å². The number of esters is 1. The molecule has 1 radical (unpaired) electrons. The predicted octanol–water partition coefficient (Wildman–Crippen LogP) is 1.89. The van der Waals surface area contributed by atoms with Crippen molar-refractivity contribution in [1.82, 2.24) is 0 Å². The minimum absolute atomic E-state index is 0.374. The summed E-state index contributed by atoms with van der Waals surface area (Å²) in [6.45, 7) is 3.37. The maximum atomic E-state index is 10.7. The first kappa shape index (κ1) is 10.4. The lowest BCUT2D eigenvalue weighted by molar-refractivity contribution is -0.174. The van der Waals surface area contributed by atoms with Crippen molar-refractivity contribution in [3.05, 3.63) is 0 Å². The van der Waals surface area contributed by atoms with Crippen LogP contribution in [0.2, 0.25) is 0 Å². The van der Waals surface area contributed by atoms with Crippen molar-refractivity contribution in [3.63, 3.8) is 0 Å². The largest absolute Gasteiger partial charge is 0.433 e. The van der Waals surface area contributed by atoms with E-state index in [9.17, 15) is 9.90 Å². The molecule has 1 unspecified atom stereocenters. The smallest absolute Gasteiger partial charge is 0.308 e. The summed E-state index contributed by atoms with van der Waals surface area (Å²) in [4.78, 5) is 10.7. The molecule has 0 rings (SSSR count). The SMILES string of the molecule is CCCCCC(=O)OC(C)[O]. The molecule has 0 aromatic rings. The van der Waals surface area contributed by atoms with Crippen LogP contribution in [0.3, 0.4) is 0 Å². The van der Waals surface area contributed by atoms with Crippen LogP contribution in [0.5, 0.6) is 0 Å². The van der Waals surface area contributed by atoms with Crippen LogP contribution in [-0.4, -0.2) is 12.3 Å². The van der Waals surface area contributed by atoms with Crippen molar-refractivity contribution in [1.29, 1.82) is 0 Å². The van der Waals surface area contributed by atoms with Gasteiger partial charge in [-0.05, 0) is 6.42 Å². The summed E-state index contributed by atoms with van der Waals surface area (Å²) in [5.74, 6) is -0.374. The fourth-order valence-corrected chi connectivity index (χ4v) is 0.763. The second kappa shape index (κ2) is 6.16. The van der Waals surface area contributed by atoms with Crippen molar-refractivity contribution in [2.24, 2.45) is 0 Å². The second-order valence-electron chi connectivity index (χ2n) is 2.51. The van der Waals surface area contributed by atoms with Gasteiger partial charge in [0.25, 0.3) is 0 Å². The van der Waals surface area contributed by atoms with Gasteiger partial charge in [0.1, 0.15) is 0 Å². The molecule has 0 aliphatic carbocycles. The van der Waals surface area contributed by atoms with E-state index in [1.807, 2.05) is 0 Å². The zero-order valence-corrected chi connectivity index (χ0v) is 7.13. The zero-order chi connectivity index (χ0) is 8.69. The molecule has 1 atom stereocenters. The molecule has 0 aromatic heterocycles. The first-order valence-corrected chi connectivity index (χ1v) is 4.02. The molecule has 0 amide bonds. The molecule has 0 spiro atoms. The van der Waals surface area contributed by atoms with Crippen molar-refractivity contribution < 1.29 is 14.6 Å². The van der Waals surface area contributed by atoms with Crippen molar-refractivity contribution in [3.8, 4) is 0 Å². The fourth-order valence-electron chi connectivity index (χ4n) is 0.763. The van der Waals surface area contributed by atoms with Crippen LogP contribution in [-0.2, 0) is 14.6 Å². The van der Waals surface area contributed by atoms with Gasteiger partial charge in [0, 0.05) is 13.3 Å². The molecule has 0 saturated carbocycles. The zero-order valence-electron chi connectivity index (χ0n) is 7.13. The van der Waals surface area contributed by atoms with Gasteiger partial charge in [0.15, 0.2) is 0 Å². The number of ether oxygens (including phenoxy) is 1. The van der Waals surface area contributed by atoms with E-state index in [1.54, 1.807) is 0 Å². The van der Waals surface area contributed by atoms with E-state index in [2.05, 4.69) is 11.7 Å². The second-order valence-corrected chi connectivity index (χ2v) is 2.51. The van der Waals surface area contributed by atoms with Crippen LogP contribution >= 0.6 is 0 Å². The van der Waals surface area contributed by atoms with Crippen LogP contribution < -0.4 is 0 Å². The highest BCUT2D eigenvalue weighted by atomic mass is 16.6. The fraction of sp³-hybridized carbons (Fsp3) is 0.875. The summed E-state index contributed by atoms with van der Waals surface area (Å²) in [7, 11) is 0. The molecular formula is C8H15O3. The number of rotatable bonds is 5. The first-order chi connectivity index (χ1) is 5.16. The Kier molecular flexibility index (Phi) is 5.84. The molecular weight excluding hydrogens is 144 g/mol. The van der Waals surface area contributed by atoms with Gasteiger partial charge < -0.3 is 4.74 Å². The quantitative estimate of drug-likeness (QED) is 0.349. The van der Waals surface area contributed by atoms with E-state index in [0.29, 0.717) is 6.42 Å². The minimum atomic E-state index is -1.22. The Morgan fingerprint density at radius 3 is 2.55 bits per heavy atom. The Bertz CT molecular complexity index is 110. The molecule has 11 heavy (non-hydrogen) atoms. The molecule has 0 aromatic carbocycles. The summed E-state index contributed by atoms with van der Waals surface area (Å²) in [6, 6.07) is 0. The summed E-state index contributed by atoms with van der Waals surface area (Å²) < 4.78 is 4.40. The third-order valence-corrected chi connectivity index (χ3v) is 1.28. The summed E-state index contributed by atoms with van der Waals surface area (Å²) in [5.41, 5.74) is 0. The van der Waals surface area contributed by atoms with Gasteiger partial charge in [-0.25, -0.2) is 0 Å². The Labute approximate surface area is 67.4 Å². The van der Waals surface area contributed by atoms with Crippen LogP contribution in [0.25, 0.3) is 0 Å². The lowest BCUT2D eigenvalue weighted by Gasteiger charge is -2.03. The highest BCUT2D eigenvalue weighted by Gasteiger charge is 2.05. The molecule has 0 fully saturated rings. The molecule has 3 heteroatoms. The van der Waals surface area contributed by atoms with Crippen LogP contribution in [0.1, 0.15) is 39.5 Å². The van der Waals surface area contributed by atoms with Gasteiger partial charge in [-0.3, -0.25) is 4.79 Å². The van der Waals surface area contributed by atoms with Gasteiger partial charge in [-0.1, -0.05) is 19.8 Å². The van der Waals surface area contributed by atoms with E-state index in [-0.39, 0.29) is 5.97 Å². The van der Waals surface area contributed by atoms with Gasteiger partial charge in [0.2, 0.25) is 6.29 Å². The van der Waals surface area contributed by atoms with Gasteiger partial charge >= 0.3 is 5.97 Å².